The number of carbonyl (C=O) groups excluding carboxylic acids is 5. The minimum Gasteiger partial charge on any atom is -0.445 e. The van der Waals surface area contributed by atoms with E-state index in [0.717, 1.165) is 5.56 Å². The second-order valence-corrected chi connectivity index (χ2v) is 12.2. The highest BCUT2D eigenvalue weighted by atomic mass is 16.6. The summed E-state index contributed by atoms with van der Waals surface area (Å²) in [6.45, 7) is 6.85. The Kier molecular flexibility index (Phi) is 16.6. The van der Waals surface area contributed by atoms with Crippen LogP contribution in [0, 0.1) is 22.0 Å². The number of aliphatic imine (C=N–C) groups is 1. The van der Waals surface area contributed by atoms with Gasteiger partial charge < -0.3 is 42.8 Å². The fourth-order valence-electron chi connectivity index (χ4n) is 4.60. The second kappa shape index (κ2) is 20.6. The van der Waals surface area contributed by atoms with Gasteiger partial charge in [-0.3, -0.25) is 34.3 Å². The molecule has 5 amide bonds. The van der Waals surface area contributed by atoms with E-state index in [-0.39, 0.29) is 55.2 Å². The normalized spacial score (nSPS) is 12.5. The number of non-ortho nitro benzene ring substituents is 1. The molecule has 50 heavy (non-hydrogen) atoms. The number of alkyl carbamates (subject to hydrolysis) is 1. The van der Waals surface area contributed by atoms with E-state index in [2.05, 4.69) is 31.6 Å². The molecule has 0 radical (unpaired) electrons. The van der Waals surface area contributed by atoms with Crippen LogP contribution in [0.15, 0.2) is 59.6 Å². The first-order valence-electron chi connectivity index (χ1n) is 16.1. The third kappa shape index (κ3) is 15.0. The number of nitro groups is 1. The van der Waals surface area contributed by atoms with E-state index in [1.54, 1.807) is 38.1 Å². The van der Waals surface area contributed by atoms with Crippen molar-refractivity contribution < 1.29 is 33.6 Å². The summed E-state index contributed by atoms with van der Waals surface area (Å²) in [5, 5.41) is 23.9. The number of nitrogens with one attached hydrogen (secondary N) is 5. The maximum atomic E-state index is 13.3. The standard InChI is InChI=1S/C33H47N9O8/c1-20(2)17-26(40-31(46)28(21(3)4)41-33(47)50-19-22-9-6-5-7-10-22)29(44)37-18-27(43)39-25(11-8-16-36-32(34)35)30(45)38-23-12-14-24(15-13-23)42(48)49/h5-7,9-10,12-15,20-21,25-26,28H,8,11,16-19H2,1-4H3,(H,37,44)(H,38,45)(H,39,43)(H,40,46)(H,41,47)(H4,34,35,36)/t25-,26-,28-/m0/s1. The van der Waals surface area contributed by atoms with Crippen molar-refractivity contribution in [1.29, 1.82) is 0 Å². The molecule has 0 saturated carbocycles. The van der Waals surface area contributed by atoms with Crippen LogP contribution in [0.2, 0.25) is 0 Å². The number of anilines is 1. The molecule has 0 unspecified atom stereocenters. The largest absolute Gasteiger partial charge is 0.445 e. The predicted octanol–water partition coefficient (Wildman–Crippen LogP) is 1.67. The molecule has 17 heteroatoms. The van der Waals surface area contributed by atoms with E-state index in [1.807, 2.05) is 19.9 Å². The molecule has 2 rings (SSSR count). The lowest BCUT2D eigenvalue weighted by molar-refractivity contribution is -0.384. The van der Waals surface area contributed by atoms with Crippen LogP contribution in [0.5, 0.6) is 0 Å². The topological polar surface area (TPSA) is 262 Å². The van der Waals surface area contributed by atoms with Crippen molar-refractivity contribution in [1.82, 2.24) is 21.3 Å². The van der Waals surface area contributed by atoms with Crippen LogP contribution in [-0.4, -0.2) is 71.8 Å². The monoisotopic (exact) mass is 697 g/mol. The van der Waals surface area contributed by atoms with Crippen molar-refractivity contribution in [2.75, 3.05) is 18.4 Å². The fraction of sp³-hybridized carbons (Fsp3) is 0.455. The van der Waals surface area contributed by atoms with Crippen LogP contribution in [0.1, 0.15) is 52.5 Å². The Morgan fingerprint density at radius 2 is 1.52 bits per heavy atom. The number of rotatable bonds is 19. The zero-order valence-electron chi connectivity index (χ0n) is 28.6. The summed E-state index contributed by atoms with van der Waals surface area (Å²) in [6.07, 6.45) is -0.127. The maximum absolute atomic E-state index is 13.3. The van der Waals surface area contributed by atoms with Crippen LogP contribution in [0.4, 0.5) is 16.2 Å². The van der Waals surface area contributed by atoms with E-state index in [0.29, 0.717) is 6.42 Å². The van der Waals surface area contributed by atoms with E-state index < -0.39 is 59.3 Å². The summed E-state index contributed by atoms with van der Waals surface area (Å²) < 4.78 is 5.25. The summed E-state index contributed by atoms with van der Waals surface area (Å²) >= 11 is 0. The molecule has 3 atom stereocenters. The Morgan fingerprint density at radius 3 is 2.10 bits per heavy atom. The van der Waals surface area contributed by atoms with Crippen LogP contribution >= 0.6 is 0 Å². The van der Waals surface area contributed by atoms with E-state index in [4.69, 9.17) is 16.2 Å². The molecule has 9 N–H and O–H groups in total. The molecule has 0 fully saturated rings. The van der Waals surface area contributed by atoms with Crippen molar-refractivity contribution in [3.8, 4) is 0 Å². The first-order valence-corrected chi connectivity index (χ1v) is 16.1. The van der Waals surface area contributed by atoms with Crippen molar-refractivity contribution in [2.45, 2.75) is 71.7 Å². The molecule has 17 nitrogen and oxygen atoms in total. The number of benzene rings is 2. The number of amides is 5. The quantitative estimate of drug-likeness (QED) is 0.0367. The van der Waals surface area contributed by atoms with Crippen molar-refractivity contribution in [3.05, 3.63) is 70.3 Å². The van der Waals surface area contributed by atoms with Gasteiger partial charge in [0.05, 0.1) is 11.5 Å². The smallest absolute Gasteiger partial charge is 0.408 e. The molecule has 0 aliphatic rings. The number of carbonyl (C=O) groups is 5. The van der Waals surface area contributed by atoms with E-state index >= 15 is 0 Å². The van der Waals surface area contributed by atoms with Gasteiger partial charge >= 0.3 is 6.09 Å². The van der Waals surface area contributed by atoms with Gasteiger partial charge in [0.25, 0.3) is 5.69 Å². The summed E-state index contributed by atoms with van der Waals surface area (Å²) in [6, 6.07) is 11.1. The molecule has 0 bridgehead atoms. The Balaban J connectivity index is 2.03. The number of nitrogens with two attached hydrogens (primary N) is 2. The average molecular weight is 698 g/mol. The van der Waals surface area contributed by atoms with Gasteiger partial charge in [-0.2, -0.15) is 0 Å². The lowest BCUT2D eigenvalue weighted by Crippen LogP contribution is -2.56. The summed E-state index contributed by atoms with van der Waals surface area (Å²) in [7, 11) is 0. The molecular formula is C33H47N9O8. The number of nitro benzene ring substituents is 1. The summed E-state index contributed by atoms with van der Waals surface area (Å²) in [5.74, 6) is -3.07. The molecule has 0 aliphatic heterocycles. The van der Waals surface area contributed by atoms with E-state index in [9.17, 15) is 34.1 Å². The third-order valence-corrected chi connectivity index (χ3v) is 7.14. The predicted molar refractivity (Wildman–Crippen MR) is 186 cm³/mol. The van der Waals surface area contributed by atoms with Gasteiger partial charge in [-0.1, -0.05) is 58.0 Å². The van der Waals surface area contributed by atoms with Crippen LogP contribution in [0.25, 0.3) is 0 Å². The highest BCUT2D eigenvalue weighted by Gasteiger charge is 2.30. The third-order valence-electron chi connectivity index (χ3n) is 7.14. The molecule has 2 aromatic carbocycles. The Bertz CT molecular complexity index is 1480. The van der Waals surface area contributed by atoms with Gasteiger partial charge in [0.2, 0.25) is 23.6 Å². The molecule has 272 valence electrons. The Morgan fingerprint density at radius 1 is 0.860 bits per heavy atom. The van der Waals surface area contributed by atoms with Crippen LogP contribution < -0.4 is 38.1 Å². The van der Waals surface area contributed by atoms with Crippen molar-refractivity contribution >= 4 is 47.1 Å². The van der Waals surface area contributed by atoms with Gasteiger partial charge in [-0.25, -0.2) is 4.79 Å². The number of nitrogens with zero attached hydrogens (tertiary/aromatic N) is 2. The summed E-state index contributed by atoms with van der Waals surface area (Å²) in [5.41, 5.74) is 11.6. The summed E-state index contributed by atoms with van der Waals surface area (Å²) in [4.78, 5) is 79.2. The Hall–Kier alpha value is -5.74. The highest BCUT2D eigenvalue weighted by Crippen LogP contribution is 2.16. The molecule has 0 saturated heterocycles. The van der Waals surface area contributed by atoms with Gasteiger partial charge in [-0.05, 0) is 48.8 Å². The molecular weight excluding hydrogens is 650 g/mol. The average Bonchev–Trinajstić information content (AvgIpc) is 3.06. The number of guanidine groups is 1. The van der Waals surface area contributed by atoms with Crippen LogP contribution in [-0.2, 0) is 30.5 Å². The molecule has 2 aromatic rings. The number of hydrogen-bond acceptors (Lipinski definition) is 9. The maximum Gasteiger partial charge on any atom is 0.408 e. The first kappa shape index (κ1) is 40.4. The highest BCUT2D eigenvalue weighted by molar-refractivity contribution is 5.98. The Labute approximate surface area is 290 Å². The van der Waals surface area contributed by atoms with Gasteiger partial charge in [0, 0.05) is 24.4 Å². The van der Waals surface area contributed by atoms with E-state index in [1.165, 1.54) is 24.3 Å². The molecule has 0 aromatic heterocycles. The van der Waals surface area contributed by atoms with Gasteiger partial charge in [-0.15, -0.1) is 0 Å². The second-order valence-electron chi connectivity index (χ2n) is 12.2. The lowest BCUT2D eigenvalue weighted by Gasteiger charge is -2.26. The zero-order chi connectivity index (χ0) is 37.2. The van der Waals surface area contributed by atoms with Crippen molar-refractivity contribution in [3.63, 3.8) is 0 Å². The zero-order valence-corrected chi connectivity index (χ0v) is 28.6. The number of hydrogen-bond donors (Lipinski definition) is 7. The first-order chi connectivity index (χ1) is 23.7. The molecule has 0 spiro atoms. The van der Waals surface area contributed by atoms with Crippen LogP contribution in [0.3, 0.4) is 0 Å². The van der Waals surface area contributed by atoms with Crippen molar-refractivity contribution in [2.24, 2.45) is 28.3 Å². The van der Waals surface area contributed by atoms with Gasteiger partial charge in [0.1, 0.15) is 24.7 Å². The fourth-order valence-corrected chi connectivity index (χ4v) is 4.60. The van der Waals surface area contributed by atoms with Gasteiger partial charge in [0.15, 0.2) is 5.96 Å². The minimum absolute atomic E-state index is 0.00931. The molecule has 0 heterocycles. The minimum atomic E-state index is -1.07. The lowest BCUT2D eigenvalue weighted by atomic mass is 10.00. The molecule has 0 aliphatic carbocycles. The SMILES string of the molecule is CC(C)C[C@H](NC(=O)[C@@H](NC(=O)OCc1ccccc1)C(C)C)C(=O)NCC(=O)N[C@@H](CCCN=C(N)N)C(=O)Nc1ccc([N+](=O)[O-])cc1. The number of ether oxygens (including phenoxy) is 1.